The molecule has 2 aliphatic rings. The molecule has 2 fully saturated rings. The third kappa shape index (κ3) is 11.3. The maximum absolute atomic E-state index is 12.7. The maximum atomic E-state index is 12.7. The second-order valence-corrected chi connectivity index (χ2v) is 16.3. The van der Waals surface area contributed by atoms with E-state index in [2.05, 4.69) is 34.3 Å². The molecule has 0 bridgehead atoms. The molecular formula is C46H52N4O8. The van der Waals surface area contributed by atoms with Gasteiger partial charge in [0.1, 0.15) is 18.7 Å². The zero-order chi connectivity index (χ0) is 42.4. The van der Waals surface area contributed by atoms with Crippen LogP contribution in [0.1, 0.15) is 72.4 Å². The van der Waals surface area contributed by atoms with Crippen LogP contribution < -0.4 is 22.1 Å². The van der Waals surface area contributed by atoms with E-state index >= 15 is 0 Å². The molecule has 58 heavy (non-hydrogen) atoms. The van der Waals surface area contributed by atoms with E-state index in [4.69, 9.17) is 31.5 Å². The predicted molar refractivity (Wildman–Crippen MR) is 222 cm³/mol. The fourth-order valence-corrected chi connectivity index (χ4v) is 6.40. The summed E-state index contributed by atoms with van der Waals surface area (Å²) in [7, 11) is 1.26. The number of amides is 2. The van der Waals surface area contributed by atoms with Crippen molar-refractivity contribution in [3.8, 4) is 23.7 Å². The number of benzene rings is 4. The first kappa shape index (κ1) is 43.5. The number of Topliss-reactive ketones (excluding diaryl/α,β-unsaturated/α-hetero) is 1. The van der Waals surface area contributed by atoms with Crippen LogP contribution in [0.15, 0.2) is 72.8 Å². The summed E-state index contributed by atoms with van der Waals surface area (Å²) in [5.41, 5.74) is 12.6. The quantitative estimate of drug-likeness (QED) is 0.0872. The maximum Gasteiger partial charge on any atom is 0.330 e. The Hall–Kier alpha value is -5.60. The molecule has 12 heteroatoms. The van der Waals surface area contributed by atoms with Crippen LogP contribution in [0.4, 0.5) is 0 Å². The van der Waals surface area contributed by atoms with E-state index in [0.29, 0.717) is 23.0 Å². The van der Waals surface area contributed by atoms with Gasteiger partial charge in [-0.15, -0.1) is 0 Å². The number of nitrogens with two attached hydrogens (primary N) is 2. The Kier molecular flexibility index (Phi) is 13.8. The number of esters is 1. The summed E-state index contributed by atoms with van der Waals surface area (Å²) in [6.07, 6.45) is 1.91. The second-order valence-electron chi connectivity index (χ2n) is 16.3. The molecule has 2 saturated carbocycles. The molecule has 0 saturated heterocycles. The Balaban J connectivity index is 0.000000221. The Morgan fingerprint density at radius 2 is 1.07 bits per heavy atom. The van der Waals surface area contributed by atoms with Crippen molar-refractivity contribution in [3.05, 3.63) is 95.1 Å². The van der Waals surface area contributed by atoms with Crippen LogP contribution in [-0.4, -0.2) is 89.0 Å². The van der Waals surface area contributed by atoms with E-state index in [0.717, 1.165) is 45.5 Å². The molecule has 6 rings (SSSR count). The number of aliphatic hydroxyl groups excluding tert-OH is 3. The second kappa shape index (κ2) is 18.3. The van der Waals surface area contributed by atoms with Crippen LogP contribution in [0.25, 0.3) is 21.5 Å². The van der Waals surface area contributed by atoms with Gasteiger partial charge in [-0.25, -0.2) is 4.79 Å². The van der Waals surface area contributed by atoms with Gasteiger partial charge in [-0.2, -0.15) is 0 Å². The number of carbonyl (C=O) groups is 4. The van der Waals surface area contributed by atoms with Gasteiger partial charge >= 0.3 is 5.97 Å². The fraction of sp³-hybridized carbons (Fsp3) is 0.391. The van der Waals surface area contributed by atoms with Crippen molar-refractivity contribution in [3.63, 3.8) is 0 Å². The van der Waals surface area contributed by atoms with Gasteiger partial charge in [-0.05, 0) is 122 Å². The first-order valence-corrected chi connectivity index (χ1v) is 19.2. The Morgan fingerprint density at radius 1 is 0.672 bits per heavy atom. The van der Waals surface area contributed by atoms with Crippen LogP contribution in [0.5, 0.6) is 0 Å². The number of carbonyl (C=O) groups excluding carboxylic acids is 4. The van der Waals surface area contributed by atoms with Gasteiger partial charge < -0.3 is 42.2 Å². The summed E-state index contributed by atoms with van der Waals surface area (Å²) in [4.78, 5) is 49.2. The van der Waals surface area contributed by atoms with Gasteiger partial charge in [-0.1, -0.05) is 47.9 Å². The molecule has 6 atom stereocenters. The first-order valence-electron chi connectivity index (χ1n) is 19.2. The van der Waals surface area contributed by atoms with E-state index in [1.54, 1.807) is 52.0 Å². The smallest absolute Gasteiger partial charge is 0.330 e. The van der Waals surface area contributed by atoms with Crippen LogP contribution in [0.3, 0.4) is 0 Å². The molecule has 9 N–H and O–H groups in total. The third-order valence-corrected chi connectivity index (χ3v) is 10.3. The van der Waals surface area contributed by atoms with E-state index in [9.17, 15) is 19.2 Å². The lowest BCUT2D eigenvalue weighted by molar-refractivity contribution is -0.144. The monoisotopic (exact) mass is 788 g/mol. The summed E-state index contributed by atoms with van der Waals surface area (Å²) in [5, 5.41) is 36.3. The number of hydrogen-bond donors (Lipinski definition) is 7. The van der Waals surface area contributed by atoms with Gasteiger partial charge in [0.15, 0.2) is 5.78 Å². The molecule has 304 valence electrons. The topological polar surface area (TPSA) is 214 Å². The number of aliphatic hydroxyl groups is 3. The summed E-state index contributed by atoms with van der Waals surface area (Å²) >= 11 is 0. The molecule has 4 aromatic carbocycles. The minimum Gasteiger partial charge on any atom is -0.467 e. The van der Waals surface area contributed by atoms with E-state index in [-0.39, 0.29) is 25.0 Å². The van der Waals surface area contributed by atoms with Crippen molar-refractivity contribution in [2.75, 3.05) is 26.9 Å². The average Bonchev–Trinajstić information content (AvgIpc) is 4.14. The molecule has 0 aliphatic heterocycles. The summed E-state index contributed by atoms with van der Waals surface area (Å²) in [5.74, 6) is 11.9. The van der Waals surface area contributed by atoms with Crippen molar-refractivity contribution < 1.29 is 39.2 Å². The highest BCUT2D eigenvalue weighted by Crippen LogP contribution is 2.37. The van der Waals surface area contributed by atoms with Crippen molar-refractivity contribution in [2.45, 2.75) is 63.7 Å². The highest BCUT2D eigenvalue weighted by molar-refractivity contribution is 6.02. The number of nitrogens with one attached hydrogen (secondary N) is 2. The predicted octanol–water partition coefficient (Wildman–Crippen LogP) is 3.05. The molecule has 2 aliphatic carbocycles. The van der Waals surface area contributed by atoms with Gasteiger partial charge in [0, 0.05) is 58.4 Å². The molecule has 0 heterocycles. The molecule has 0 spiro atoms. The minimum atomic E-state index is -1.00. The van der Waals surface area contributed by atoms with Crippen LogP contribution in [0, 0.1) is 47.4 Å². The van der Waals surface area contributed by atoms with Crippen molar-refractivity contribution >= 4 is 45.1 Å². The Labute approximate surface area is 338 Å². The first-order chi connectivity index (χ1) is 27.4. The molecular weight excluding hydrogens is 737 g/mol. The van der Waals surface area contributed by atoms with Crippen molar-refractivity contribution in [2.24, 2.45) is 35.1 Å². The minimum absolute atomic E-state index is 0.188. The van der Waals surface area contributed by atoms with E-state index < -0.39 is 53.3 Å². The largest absolute Gasteiger partial charge is 0.467 e. The highest BCUT2D eigenvalue weighted by Gasteiger charge is 2.36. The molecule has 2 amide bonds. The fourth-order valence-electron chi connectivity index (χ4n) is 6.40. The molecule has 4 aromatic rings. The zero-order valence-corrected chi connectivity index (χ0v) is 33.5. The lowest BCUT2D eigenvalue weighted by Crippen LogP contribution is -2.59. The third-order valence-electron chi connectivity index (χ3n) is 10.3. The number of rotatable bonds is 11. The van der Waals surface area contributed by atoms with Crippen molar-refractivity contribution in [1.82, 2.24) is 10.6 Å². The van der Waals surface area contributed by atoms with Gasteiger partial charge in [0.2, 0.25) is 0 Å². The lowest BCUT2D eigenvalue weighted by atomic mass is 9.92. The van der Waals surface area contributed by atoms with E-state index in [1.165, 1.54) is 7.11 Å². The zero-order valence-electron chi connectivity index (χ0n) is 33.5. The van der Waals surface area contributed by atoms with Crippen LogP contribution >= 0.6 is 0 Å². The summed E-state index contributed by atoms with van der Waals surface area (Å²) in [6.45, 7) is 6.25. The van der Waals surface area contributed by atoms with Gasteiger partial charge in [0.25, 0.3) is 11.8 Å². The van der Waals surface area contributed by atoms with Crippen molar-refractivity contribution in [1.29, 1.82) is 0 Å². The van der Waals surface area contributed by atoms with Crippen LogP contribution in [-0.2, 0) is 14.3 Å². The Morgan fingerprint density at radius 3 is 1.43 bits per heavy atom. The molecule has 2 unspecified atom stereocenters. The number of fused-ring (bicyclic) bond motifs is 2. The summed E-state index contributed by atoms with van der Waals surface area (Å²) < 4.78 is 4.76. The SMILES string of the molecule is CC(C)(N)[C@H](NC(=O)c1ccc2cc(C#CC3C[C@@H]3CO)ccc2c1)C(=O)CO.COC(=O)[C@@H](NC(=O)c1ccc2cc(C#CC3C[C@@H]3CO)ccc2c1)C(C)(C)N. The standard InChI is InChI=1S/2C23H26N2O4/c1-23(2,24)20(22(28)29-3)25-21(27)18-9-8-15-10-14(4-6-16(15)11-18)5-7-17-12-19(17)13-26;1-23(2,24)21(20(28)13-27)25-22(29)18-8-7-15-9-14(3-5-16(15)10-18)4-6-17-11-19(17)12-26/h4,6,8-11,17,19-20,26H,12-13,24H2,1-3H3,(H,25,27);3,5,7-10,17,19,21,26-27H,11-13,24H2,1-2H3,(H,25,29)/t17?,19-,20-;17?,19-,21-/m11/s1. The summed E-state index contributed by atoms with van der Waals surface area (Å²) in [6, 6.07) is 20.2. The number of methoxy groups -OCH3 is 1. The number of hydrogen-bond acceptors (Lipinski definition) is 10. The molecule has 0 radical (unpaired) electrons. The lowest BCUT2D eigenvalue weighted by Gasteiger charge is -2.29. The number of ether oxygens (including phenoxy) is 1. The number of ketones is 1. The van der Waals surface area contributed by atoms with Crippen LogP contribution in [0.2, 0.25) is 0 Å². The molecule has 12 nitrogen and oxygen atoms in total. The van der Waals surface area contributed by atoms with Gasteiger partial charge in [0.05, 0.1) is 7.11 Å². The van der Waals surface area contributed by atoms with Gasteiger partial charge in [-0.3, -0.25) is 14.4 Å². The normalized spacial score (nSPS) is 19.1. The Bertz CT molecular complexity index is 2160. The highest BCUT2D eigenvalue weighted by atomic mass is 16.5. The molecule has 0 aromatic heterocycles. The average molecular weight is 789 g/mol. The van der Waals surface area contributed by atoms with E-state index in [1.807, 2.05) is 48.5 Å².